The summed E-state index contributed by atoms with van der Waals surface area (Å²) < 4.78 is 13.5. The van der Waals surface area contributed by atoms with Crippen LogP contribution in [0.4, 0.5) is 11.4 Å². The third-order valence-corrected chi connectivity index (χ3v) is 10.9. The van der Waals surface area contributed by atoms with E-state index in [1.165, 1.54) is 97.6 Å². The lowest BCUT2D eigenvalue weighted by Crippen LogP contribution is -2.22. The SMILES string of the molecule is CCc1cc(C(C)(C)c2cc(CC)c(Oc3ccc(N)cc3)c(C3CCCCC3)c2)cc(C2CCCCC2)c1Oc1ccc(N)cc1. The van der Waals surface area contributed by atoms with E-state index in [4.69, 9.17) is 20.9 Å². The van der Waals surface area contributed by atoms with Crippen LogP contribution < -0.4 is 20.9 Å². The van der Waals surface area contributed by atoms with E-state index in [-0.39, 0.29) is 5.41 Å². The van der Waals surface area contributed by atoms with Crippen LogP contribution in [0.25, 0.3) is 0 Å². The van der Waals surface area contributed by atoms with E-state index in [0.717, 1.165) is 47.2 Å². The molecule has 0 saturated heterocycles. The van der Waals surface area contributed by atoms with Crippen molar-refractivity contribution in [3.8, 4) is 23.0 Å². The number of ether oxygens (including phenoxy) is 2. The number of aryl methyl sites for hydroxylation is 2. The first-order valence-electron chi connectivity index (χ1n) is 18.2. The van der Waals surface area contributed by atoms with Gasteiger partial charge in [0.2, 0.25) is 0 Å². The highest BCUT2D eigenvalue weighted by molar-refractivity contribution is 5.57. The van der Waals surface area contributed by atoms with Crippen LogP contribution in [0.5, 0.6) is 23.0 Å². The number of benzene rings is 4. The van der Waals surface area contributed by atoms with Crippen molar-refractivity contribution >= 4 is 11.4 Å². The van der Waals surface area contributed by atoms with Gasteiger partial charge in [-0.05, 0) is 132 Å². The maximum absolute atomic E-state index is 6.75. The van der Waals surface area contributed by atoms with Gasteiger partial charge in [-0.3, -0.25) is 0 Å². The van der Waals surface area contributed by atoms with Gasteiger partial charge in [-0.2, -0.15) is 0 Å². The summed E-state index contributed by atoms with van der Waals surface area (Å²) >= 11 is 0. The zero-order valence-electron chi connectivity index (χ0n) is 29.0. The molecule has 2 aliphatic carbocycles. The molecule has 0 unspecified atom stereocenters. The van der Waals surface area contributed by atoms with Gasteiger partial charge in [0, 0.05) is 16.8 Å². The van der Waals surface area contributed by atoms with Gasteiger partial charge in [-0.15, -0.1) is 0 Å². The van der Waals surface area contributed by atoms with Crippen molar-refractivity contribution in [1.29, 1.82) is 0 Å². The summed E-state index contributed by atoms with van der Waals surface area (Å²) in [5.74, 6) is 4.81. The van der Waals surface area contributed by atoms with Crippen molar-refractivity contribution in [3.63, 3.8) is 0 Å². The molecule has 4 nitrogen and oxygen atoms in total. The van der Waals surface area contributed by atoms with Crippen LogP contribution in [-0.2, 0) is 18.3 Å². The van der Waals surface area contributed by atoms with Crippen LogP contribution >= 0.6 is 0 Å². The Hall–Kier alpha value is -3.92. The maximum atomic E-state index is 6.75. The minimum atomic E-state index is -0.208. The molecule has 6 rings (SSSR count). The Balaban J connectivity index is 1.46. The molecule has 0 aromatic heterocycles. The summed E-state index contributed by atoms with van der Waals surface area (Å²) in [7, 11) is 0. The fourth-order valence-electron chi connectivity index (χ4n) is 7.83. The third kappa shape index (κ3) is 7.32. The summed E-state index contributed by atoms with van der Waals surface area (Å²) in [6, 6.07) is 25.5. The molecule has 0 heterocycles. The van der Waals surface area contributed by atoms with Gasteiger partial charge < -0.3 is 20.9 Å². The molecule has 2 saturated carbocycles. The Kier molecular flexibility index (Phi) is 10.2. The van der Waals surface area contributed by atoms with Crippen LogP contribution in [0.15, 0.2) is 72.8 Å². The number of hydrogen-bond acceptors (Lipinski definition) is 4. The van der Waals surface area contributed by atoms with Gasteiger partial charge >= 0.3 is 0 Å². The normalized spacial score (nSPS) is 16.3. The number of nitrogens with two attached hydrogens (primary N) is 2. The van der Waals surface area contributed by atoms with Crippen molar-refractivity contribution in [2.75, 3.05) is 11.5 Å². The smallest absolute Gasteiger partial charge is 0.134 e. The van der Waals surface area contributed by atoms with Crippen LogP contribution in [0.3, 0.4) is 0 Å². The van der Waals surface area contributed by atoms with Gasteiger partial charge in [0.15, 0.2) is 0 Å². The van der Waals surface area contributed by atoms with Crippen LogP contribution in [0.2, 0.25) is 0 Å². The van der Waals surface area contributed by atoms with E-state index in [9.17, 15) is 0 Å². The first-order chi connectivity index (χ1) is 22.8. The molecule has 2 aliphatic rings. The first kappa shape index (κ1) is 33.0. The average molecular weight is 631 g/mol. The second-order valence-corrected chi connectivity index (χ2v) is 14.5. The van der Waals surface area contributed by atoms with Gasteiger partial charge in [0.25, 0.3) is 0 Å². The standard InChI is InChI=1S/C43H54N2O2/c1-5-29-25-33(27-39(31-13-9-7-10-14-31)41(29)46-37-21-17-35(44)18-22-37)43(3,4)34-26-30(6-2)42(47-38-23-19-36(45)20-24-38)40(28-34)32-15-11-8-12-16-32/h17-28,31-32H,5-16,44-45H2,1-4H3. The zero-order chi connectivity index (χ0) is 33.0. The van der Waals surface area contributed by atoms with E-state index in [0.29, 0.717) is 11.8 Å². The Morgan fingerprint density at radius 2 is 0.915 bits per heavy atom. The molecule has 0 radical (unpaired) electrons. The predicted octanol–water partition coefficient (Wildman–Crippen LogP) is 12.0. The predicted molar refractivity (Wildman–Crippen MR) is 197 cm³/mol. The van der Waals surface area contributed by atoms with Crippen molar-refractivity contribution in [1.82, 2.24) is 0 Å². The lowest BCUT2D eigenvalue weighted by molar-refractivity contribution is 0.414. The molecule has 4 aromatic rings. The minimum absolute atomic E-state index is 0.208. The Labute approximate surface area is 282 Å². The van der Waals surface area contributed by atoms with E-state index in [2.05, 4.69) is 52.0 Å². The lowest BCUT2D eigenvalue weighted by Gasteiger charge is -2.33. The fraction of sp³-hybridized carbons (Fsp3) is 0.442. The van der Waals surface area contributed by atoms with Crippen LogP contribution in [0, 0.1) is 0 Å². The van der Waals surface area contributed by atoms with Crippen LogP contribution in [-0.4, -0.2) is 0 Å². The maximum Gasteiger partial charge on any atom is 0.134 e. The van der Waals surface area contributed by atoms with E-state index in [1.54, 1.807) is 0 Å². The fourth-order valence-corrected chi connectivity index (χ4v) is 7.83. The molecule has 2 fully saturated rings. The molecule has 47 heavy (non-hydrogen) atoms. The summed E-state index contributed by atoms with van der Waals surface area (Å²) in [6.45, 7) is 9.33. The monoisotopic (exact) mass is 630 g/mol. The molecule has 248 valence electrons. The lowest BCUT2D eigenvalue weighted by atomic mass is 9.72. The van der Waals surface area contributed by atoms with E-state index < -0.39 is 0 Å². The molecule has 0 amide bonds. The highest BCUT2D eigenvalue weighted by atomic mass is 16.5. The van der Waals surface area contributed by atoms with E-state index in [1.807, 2.05) is 48.5 Å². The van der Waals surface area contributed by atoms with Crippen molar-refractivity contribution in [2.24, 2.45) is 0 Å². The average Bonchev–Trinajstić information content (AvgIpc) is 3.10. The highest BCUT2D eigenvalue weighted by Crippen LogP contribution is 2.47. The number of hydrogen-bond donors (Lipinski definition) is 2. The Bertz CT molecular complexity index is 1520. The quantitative estimate of drug-likeness (QED) is 0.171. The van der Waals surface area contributed by atoms with Gasteiger partial charge in [-0.25, -0.2) is 0 Å². The second kappa shape index (κ2) is 14.5. The van der Waals surface area contributed by atoms with Gasteiger partial charge in [0.1, 0.15) is 23.0 Å². The van der Waals surface area contributed by atoms with Crippen molar-refractivity contribution in [3.05, 3.63) is 106 Å². The summed E-state index contributed by atoms with van der Waals surface area (Å²) in [4.78, 5) is 0. The molecule has 4 heteroatoms. The number of anilines is 2. The molecule has 4 N–H and O–H groups in total. The largest absolute Gasteiger partial charge is 0.457 e. The van der Waals surface area contributed by atoms with Crippen LogP contribution in [0.1, 0.15) is 137 Å². The molecule has 4 aromatic carbocycles. The number of nitrogen functional groups attached to an aromatic ring is 2. The minimum Gasteiger partial charge on any atom is -0.457 e. The first-order valence-corrected chi connectivity index (χ1v) is 18.2. The zero-order valence-corrected chi connectivity index (χ0v) is 29.0. The topological polar surface area (TPSA) is 70.5 Å². The molecule has 0 atom stereocenters. The molecular weight excluding hydrogens is 576 g/mol. The molecule has 0 bridgehead atoms. The second-order valence-electron chi connectivity index (χ2n) is 14.5. The molecule has 0 spiro atoms. The highest BCUT2D eigenvalue weighted by Gasteiger charge is 2.32. The third-order valence-electron chi connectivity index (χ3n) is 10.9. The molecule has 0 aliphatic heterocycles. The Morgan fingerprint density at radius 3 is 1.26 bits per heavy atom. The summed E-state index contributed by atoms with van der Waals surface area (Å²) in [5.41, 5.74) is 21.3. The van der Waals surface area contributed by atoms with Crippen molar-refractivity contribution in [2.45, 2.75) is 122 Å². The summed E-state index contributed by atoms with van der Waals surface area (Å²) in [6.07, 6.45) is 14.5. The van der Waals surface area contributed by atoms with E-state index >= 15 is 0 Å². The Morgan fingerprint density at radius 1 is 0.553 bits per heavy atom. The summed E-state index contributed by atoms with van der Waals surface area (Å²) in [5, 5.41) is 0. The molecular formula is C43H54N2O2. The number of rotatable bonds is 10. The van der Waals surface area contributed by atoms with Gasteiger partial charge in [-0.1, -0.05) is 90.5 Å². The van der Waals surface area contributed by atoms with Crippen molar-refractivity contribution < 1.29 is 9.47 Å². The van der Waals surface area contributed by atoms with Gasteiger partial charge in [0.05, 0.1) is 0 Å².